The number of nitrogens with zero attached hydrogens (tertiary/aromatic N) is 2. The Balaban J connectivity index is 1.86. The van der Waals surface area contributed by atoms with Gasteiger partial charge in [0.05, 0.1) is 11.7 Å². The highest BCUT2D eigenvalue weighted by Gasteiger charge is 2.18. The predicted molar refractivity (Wildman–Crippen MR) is 75.7 cm³/mol. The third kappa shape index (κ3) is 3.35. The number of hydrogen-bond donors (Lipinski definition) is 1. The Morgan fingerprint density at radius 3 is 2.72 bits per heavy atom. The van der Waals surface area contributed by atoms with Crippen LogP contribution in [0.2, 0.25) is 0 Å². The second kappa shape index (κ2) is 6.37. The van der Waals surface area contributed by atoms with Gasteiger partial charge in [-0.3, -0.25) is 4.68 Å². The van der Waals surface area contributed by atoms with Gasteiger partial charge in [0.25, 0.3) is 0 Å². The van der Waals surface area contributed by atoms with E-state index in [9.17, 15) is 0 Å². The summed E-state index contributed by atoms with van der Waals surface area (Å²) in [5.74, 6) is 0.687. The molecular weight excluding hydrogens is 222 g/mol. The molecule has 1 aliphatic carbocycles. The smallest absolute Gasteiger partial charge is 0.0625 e. The molecule has 3 heteroatoms. The first-order chi connectivity index (χ1) is 8.70. The highest BCUT2D eigenvalue weighted by Crippen LogP contribution is 2.28. The van der Waals surface area contributed by atoms with E-state index in [0.29, 0.717) is 18.0 Å². The first-order valence-electron chi connectivity index (χ1n) is 7.42. The molecule has 1 saturated carbocycles. The van der Waals surface area contributed by atoms with Gasteiger partial charge in [-0.1, -0.05) is 26.7 Å². The first kappa shape index (κ1) is 13.6. The zero-order valence-corrected chi connectivity index (χ0v) is 12.0. The van der Waals surface area contributed by atoms with Crippen molar-refractivity contribution >= 4 is 0 Å². The average molecular weight is 249 g/mol. The largest absolute Gasteiger partial charge is 0.317 e. The summed E-state index contributed by atoms with van der Waals surface area (Å²) in [6.07, 6.45) is 9.80. The summed E-state index contributed by atoms with van der Waals surface area (Å²) >= 11 is 0. The summed E-state index contributed by atoms with van der Waals surface area (Å²) < 4.78 is 2.20. The highest BCUT2D eigenvalue weighted by molar-refractivity contribution is 5.01. The van der Waals surface area contributed by atoms with Crippen LogP contribution < -0.4 is 5.32 Å². The van der Waals surface area contributed by atoms with Crippen LogP contribution in [0.15, 0.2) is 12.3 Å². The Bertz CT molecular complexity index is 350. The Morgan fingerprint density at radius 2 is 2.11 bits per heavy atom. The lowest BCUT2D eigenvalue weighted by atomic mass is 9.99. The third-order valence-electron chi connectivity index (χ3n) is 4.25. The van der Waals surface area contributed by atoms with Crippen molar-refractivity contribution in [1.82, 2.24) is 15.1 Å². The highest BCUT2D eigenvalue weighted by atomic mass is 15.3. The van der Waals surface area contributed by atoms with Crippen LogP contribution in [0.25, 0.3) is 0 Å². The predicted octanol–water partition coefficient (Wildman–Crippen LogP) is 3.17. The molecule has 1 atom stereocenters. The molecule has 102 valence electrons. The molecule has 18 heavy (non-hydrogen) atoms. The number of rotatable bonds is 6. The molecule has 0 aromatic carbocycles. The fourth-order valence-corrected chi connectivity index (χ4v) is 3.00. The number of aryl methyl sites for hydroxylation is 1. The van der Waals surface area contributed by atoms with Crippen LogP contribution in [-0.4, -0.2) is 22.9 Å². The van der Waals surface area contributed by atoms with Crippen molar-refractivity contribution < 1.29 is 0 Å². The molecule has 0 spiro atoms. The number of aromatic nitrogens is 2. The molecule has 0 radical (unpaired) electrons. The molecule has 1 aromatic rings. The van der Waals surface area contributed by atoms with Crippen LogP contribution in [0.5, 0.6) is 0 Å². The van der Waals surface area contributed by atoms with Crippen molar-refractivity contribution in [2.45, 2.75) is 64.5 Å². The van der Waals surface area contributed by atoms with Gasteiger partial charge in [-0.2, -0.15) is 5.10 Å². The van der Waals surface area contributed by atoms with Crippen LogP contribution in [0.3, 0.4) is 0 Å². The molecule has 0 aliphatic heterocycles. The Kier molecular flexibility index (Phi) is 4.81. The van der Waals surface area contributed by atoms with Crippen LogP contribution in [-0.2, 0) is 6.42 Å². The van der Waals surface area contributed by atoms with Gasteiger partial charge in [0.15, 0.2) is 0 Å². The second-order valence-corrected chi connectivity index (χ2v) is 5.90. The maximum absolute atomic E-state index is 4.75. The topological polar surface area (TPSA) is 29.9 Å². The zero-order chi connectivity index (χ0) is 13.0. The molecule has 3 nitrogen and oxygen atoms in total. The van der Waals surface area contributed by atoms with Crippen molar-refractivity contribution in [2.24, 2.45) is 5.92 Å². The Hall–Kier alpha value is -0.830. The SMILES string of the molecule is CNC(CCc1ccn(C2CCCC2)n1)C(C)C. The van der Waals surface area contributed by atoms with Gasteiger partial charge in [0.1, 0.15) is 0 Å². The van der Waals surface area contributed by atoms with Gasteiger partial charge in [0, 0.05) is 12.2 Å². The molecule has 1 aromatic heterocycles. The number of hydrogen-bond acceptors (Lipinski definition) is 2. The lowest BCUT2D eigenvalue weighted by Gasteiger charge is -2.19. The van der Waals surface area contributed by atoms with E-state index >= 15 is 0 Å². The molecule has 1 heterocycles. The minimum absolute atomic E-state index is 0.599. The van der Waals surface area contributed by atoms with E-state index in [2.05, 4.69) is 43.2 Å². The summed E-state index contributed by atoms with van der Waals surface area (Å²) in [6.45, 7) is 4.55. The van der Waals surface area contributed by atoms with Gasteiger partial charge in [0.2, 0.25) is 0 Å². The zero-order valence-electron chi connectivity index (χ0n) is 12.0. The standard InChI is InChI=1S/C15H27N3/c1-12(2)15(16-3)9-8-13-10-11-18(17-13)14-6-4-5-7-14/h10-12,14-16H,4-9H2,1-3H3. The van der Waals surface area contributed by atoms with Gasteiger partial charge < -0.3 is 5.32 Å². The number of nitrogens with one attached hydrogen (secondary N) is 1. The van der Waals surface area contributed by atoms with E-state index in [1.54, 1.807) is 0 Å². The lowest BCUT2D eigenvalue weighted by Crippen LogP contribution is -2.31. The fraction of sp³-hybridized carbons (Fsp3) is 0.800. The Morgan fingerprint density at radius 1 is 1.39 bits per heavy atom. The van der Waals surface area contributed by atoms with Crippen LogP contribution in [0.1, 0.15) is 57.7 Å². The summed E-state index contributed by atoms with van der Waals surface area (Å²) in [4.78, 5) is 0. The van der Waals surface area contributed by atoms with Gasteiger partial charge in [-0.15, -0.1) is 0 Å². The third-order valence-corrected chi connectivity index (χ3v) is 4.25. The molecule has 0 bridgehead atoms. The summed E-state index contributed by atoms with van der Waals surface area (Å²) in [5, 5.41) is 8.15. The van der Waals surface area contributed by atoms with Gasteiger partial charge >= 0.3 is 0 Å². The fourth-order valence-electron chi connectivity index (χ4n) is 3.00. The van der Waals surface area contributed by atoms with Gasteiger partial charge in [-0.05, 0) is 44.7 Å². The van der Waals surface area contributed by atoms with E-state index in [1.165, 1.54) is 37.8 Å². The second-order valence-electron chi connectivity index (χ2n) is 5.90. The molecule has 1 N–H and O–H groups in total. The summed E-state index contributed by atoms with van der Waals surface area (Å²) in [6, 6.07) is 3.47. The van der Waals surface area contributed by atoms with Crippen molar-refractivity contribution in [3.63, 3.8) is 0 Å². The normalized spacial score (nSPS) is 18.7. The van der Waals surface area contributed by atoms with Crippen molar-refractivity contribution in [3.8, 4) is 0 Å². The molecule has 0 amide bonds. The van der Waals surface area contributed by atoms with Crippen molar-refractivity contribution in [2.75, 3.05) is 7.05 Å². The minimum Gasteiger partial charge on any atom is -0.317 e. The molecular formula is C15H27N3. The van der Waals surface area contributed by atoms with Crippen LogP contribution >= 0.6 is 0 Å². The maximum atomic E-state index is 4.75. The monoisotopic (exact) mass is 249 g/mol. The summed E-state index contributed by atoms with van der Waals surface area (Å²) in [7, 11) is 2.06. The van der Waals surface area contributed by atoms with E-state index < -0.39 is 0 Å². The van der Waals surface area contributed by atoms with Crippen LogP contribution in [0, 0.1) is 5.92 Å². The van der Waals surface area contributed by atoms with Crippen molar-refractivity contribution in [3.05, 3.63) is 18.0 Å². The van der Waals surface area contributed by atoms with Crippen molar-refractivity contribution in [1.29, 1.82) is 0 Å². The minimum atomic E-state index is 0.599. The van der Waals surface area contributed by atoms with E-state index in [-0.39, 0.29) is 0 Å². The van der Waals surface area contributed by atoms with Gasteiger partial charge in [-0.25, -0.2) is 0 Å². The van der Waals surface area contributed by atoms with E-state index in [1.807, 2.05) is 0 Å². The molecule has 2 rings (SSSR count). The summed E-state index contributed by atoms with van der Waals surface area (Å²) in [5.41, 5.74) is 1.25. The molecule has 1 unspecified atom stereocenters. The molecule has 1 fully saturated rings. The average Bonchev–Trinajstić information content (AvgIpc) is 2.99. The first-order valence-corrected chi connectivity index (χ1v) is 7.42. The Labute approximate surface area is 111 Å². The quantitative estimate of drug-likeness (QED) is 0.839. The van der Waals surface area contributed by atoms with E-state index in [4.69, 9.17) is 5.10 Å². The van der Waals surface area contributed by atoms with E-state index in [0.717, 1.165) is 6.42 Å². The maximum Gasteiger partial charge on any atom is 0.0625 e. The molecule has 1 aliphatic rings. The molecule has 0 saturated heterocycles. The lowest BCUT2D eigenvalue weighted by molar-refractivity contribution is 0.399. The van der Waals surface area contributed by atoms with Crippen LogP contribution in [0.4, 0.5) is 0 Å².